The minimum Gasteiger partial charge on any atom is -0.441 e. The van der Waals surface area contributed by atoms with Gasteiger partial charge in [0.05, 0.1) is 11.1 Å². The maximum absolute atomic E-state index is 10.8. The molecule has 6 nitrogen and oxygen atoms in total. The zero-order valence-electron chi connectivity index (χ0n) is 11.2. The van der Waals surface area contributed by atoms with Gasteiger partial charge in [-0.25, -0.2) is 4.98 Å². The second-order valence-electron chi connectivity index (χ2n) is 5.05. The fourth-order valence-corrected chi connectivity index (χ4v) is 2.28. The SMILES string of the molecule is O=[N+]([O-])c1cc(Cl)cc(-c2cnc(CCNC3CC3)o2)c1. The minimum atomic E-state index is -0.480. The molecule has 1 saturated carbocycles. The predicted octanol–water partition coefficient (Wildman–Crippen LogP) is 3.20. The molecule has 3 rings (SSSR count). The molecule has 0 amide bonds. The molecule has 1 aromatic heterocycles. The maximum Gasteiger partial charge on any atom is 0.271 e. The number of hydrogen-bond acceptors (Lipinski definition) is 5. The minimum absolute atomic E-state index is 0.0640. The van der Waals surface area contributed by atoms with Crippen molar-refractivity contribution >= 4 is 17.3 Å². The standard InChI is InChI=1S/C14H14ClN3O3/c15-10-5-9(6-12(7-10)18(19)20)13-8-17-14(21-13)3-4-16-11-1-2-11/h5-8,11,16H,1-4H2. The summed E-state index contributed by atoms with van der Waals surface area (Å²) < 4.78 is 5.63. The molecule has 2 aromatic rings. The highest BCUT2D eigenvalue weighted by atomic mass is 35.5. The van der Waals surface area contributed by atoms with Crippen LogP contribution in [0.15, 0.2) is 28.8 Å². The van der Waals surface area contributed by atoms with E-state index in [4.69, 9.17) is 16.0 Å². The summed E-state index contributed by atoms with van der Waals surface area (Å²) in [4.78, 5) is 14.6. The summed E-state index contributed by atoms with van der Waals surface area (Å²) in [5, 5.41) is 14.5. The van der Waals surface area contributed by atoms with Crippen LogP contribution in [0.1, 0.15) is 18.7 Å². The lowest BCUT2D eigenvalue weighted by molar-refractivity contribution is -0.384. The predicted molar refractivity (Wildman–Crippen MR) is 78.3 cm³/mol. The molecule has 7 heteroatoms. The van der Waals surface area contributed by atoms with E-state index >= 15 is 0 Å². The van der Waals surface area contributed by atoms with Crippen molar-refractivity contribution in [3.63, 3.8) is 0 Å². The van der Waals surface area contributed by atoms with E-state index in [1.807, 2.05) is 0 Å². The normalized spacial score (nSPS) is 14.3. The van der Waals surface area contributed by atoms with E-state index in [0.29, 0.717) is 34.7 Å². The van der Waals surface area contributed by atoms with Crippen LogP contribution in [-0.4, -0.2) is 22.5 Å². The summed E-state index contributed by atoms with van der Waals surface area (Å²) in [7, 11) is 0. The molecule has 1 fully saturated rings. The maximum atomic E-state index is 10.8. The van der Waals surface area contributed by atoms with Crippen LogP contribution in [-0.2, 0) is 6.42 Å². The Kier molecular flexibility index (Phi) is 3.90. The summed E-state index contributed by atoms with van der Waals surface area (Å²) in [6, 6.07) is 5.01. The highest BCUT2D eigenvalue weighted by molar-refractivity contribution is 6.31. The quantitative estimate of drug-likeness (QED) is 0.654. The van der Waals surface area contributed by atoms with Gasteiger partial charge in [0.1, 0.15) is 0 Å². The van der Waals surface area contributed by atoms with Crippen molar-refractivity contribution in [1.29, 1.82) is 0 Å². The van der Waals surface area contributed by atoms with Crippen molar-refractivity contribution in [2.45, 2.75) is 25.3 Å². The number of aromatic nitrogens is 1. The number of rotatable bonds is 6. The molecule has 0 unspecified atom stereocenters. The topological polar surface area (TPSA) is 81.2 Å². The smallest absolute Gasteiger partial charge is 0.271 e. The van der Waals surface area contributed by atoms with Gasteiger partial charge in [0, 0.05) is 41.7 Å². The van der Waals surface area contributed by atoms with Gasteiger partial charge in [0.15, 0.2) is 11.7 Å². The Morgan fingerprint density at radius 1 is 1.43 bits per heavy atom. The lowest BCUT2D eigenvalue weighted by Crippen LogP contribution is -2.19. The van der Waals surface area contributed by atoms with Crippen LogP contribution in [0.2, 0.25) is 5.02 Å². The molecule has 1 heterocycles. The van der Waals surface area contributed by atoms with E-state index in [0.717, 1.165) is 6.54 Å². The fourth-order valence-electron chi connectivity index (χ4n) is 2.05. The number of nitrogens with one attached hydrogen (secondary N) is 1. The third-order valence-electron chi connectivity index (χ3n) is 3.28. The van der Waals surface area contributed by atoms with Crippen molar-refractivity contribution in [2.75, 3.05) is 6.54 Å². The Labute approximate surface area is 126 Å². The summed E-state index contributed by atoms with van der Waals surface area (Å²) in [6.45, 7) is 0.820. The average Bonchev–Trinajstić information content (AvgIpc) is 3.14. The first kappa shape index (κ1) is 14.0. The third-order valence-corrected chi connectivity index (χ3v) is 3.50. The molecule has 0 radical (unpaired) electrons. The first-order valence-corrected chi connectivity index (χ1v) is 7.13. The van der Waals surface area contributed by atoms with Gasteiger partial charge >= 0.3 is 0 Å². The molecular formula is C14H14ClN3O3. The first-order valence-electron chi connectivity index (χ1n) is 6.75. The van der Waals surface area contributed by atoms with Gasteiger partial charge in [-0.3, -0.25) is 10.1 Å². The van der Waals surface area contributed by atoms with Crippen molar-refractivity contribution < 1.29 is 9.34 Å². The van der Waals surface area contributed by atoms with E-state index < -0.39 is 4.92 Å². The van der Waals surface area contributed by atoms with Crippen LogP contribution in [0, 0.1) is 10.1 Å². The van der Waals surface area contributed by atoms with Crippen LogP contribution in [0.3, 0.4) is 0 Å². The molecule has 0 atom stereocenters. The monoisotopic (exact) mass is 307 g/mol. The number of benzene rings is 1. The Morgan fingerprint density at radius 2 is 2.24 bits per heavy atom. The Hall–Kier alpha value is -1.92. The Bertz CT molecular complexity index is 667. The number of oxazole rings is 1. The summed E-state index contributed by atoms with van der Waals surface area (Å²) in [5.74, 6) is 1.10. The molecule has 21 heavy (non-hydrogen) atoms. The zero-order chi connectivity index (χ0) is 14.8. The fraction of sp³-hybridized carbons (Fsp3) is 0.357. The van der Waals surface area contributed by atoms with E-state index in [2.05, 4.69) is 10.3 Å². The van der Waals surface area contributed by atoms with Crippen molar-refractivity contribution in [1.82, 2.24) is 10.3 Å². The van der Waals surface area contributed by atoms with Gasteiger partial charge in [-0.15, -0.1) is 0 Å². The number of non-ortho nitro benzene ring substituents is 1. The van der Waals surface area contributed by atoms with E-state index in [1.165, 1.54) is 25.0 Å². The Balaban J connectivity index is 1.73. The van der Waals surface area contributed by atoms with Gasteiger partial charge in [-0.2, -0.15) is 0 Å². The molecule has 110 valence electrons. The molecule has 1 aliphatic carbocycles. The lowest BCUT2D eigenvalue weighted by Gasteiger charge is -2.00. The van der Waals surface area contributed by atoms with Crippen LogP contribution >= 0.6 is 11.6 Å². The molecule has 1 aromatic carbocycles. The molecule has 1 aliphatic rings. The van der Waals surface area contributed by atoms with Gasteiger partial charge in [-0.05, 0) is 18.9 Å². The average molecular weight is 308 g/mol. The van der Waals surface area contributed by atoms with Gasteiger partial charge in [0.2, 0.25) is 0 Å². The largest absolute Gasteiger partial charge is 0.441 e. The molecule has 1 N–H and O–H groups in total. The number of nitrogens with zero attached hydrogens (tertiary/aromatic N) is 2. The molecule has 0 bridgehead atoms. The van der Waals surface area contributed by atoms with E-state index in [1.54, 1.807) is 12.3 Å². The molecule has 0 spiro atoms. The number of halogens is 1. The van der Waals surface area contributed by atoms with Crippen LogP contribution in [0.4, 0.5) is 5.69 Å². The number of nitro groups is 1. The summed E-state index contributed by atoms with van der Waals surface area (Å²) >= 11 is 5.90. The number of hydrogen-bond donors (Lipinski definition) is 1. The summed E-state index contributed by atoms with van der Waals surface area (Å²) in [5.41, 5.74) is 0.494. The first-order chi connectivity index (χ1) is 10.1. The summed E-state index contributed by atoms with van der Waals surface area (Å²) in [6.07, 6.45) is 4.74. The van der Waals surface area contributed by atoms with E-state index in [-0.39, 0.29) is 5.69 Å². The van der Waals surface area contributed by atoms with E-state index in [9.17, 15) is 10.1 Å². The van der Waals surface area contributed by atoms with Gasteiger partial charge < -0.3 is 9.73 Å². The lowest BCUT2D eigenvalue weighted by atomic mass is 10.1. The second-order valence-corrected chi connectivity index (χ2v) is 5.49. The molecular weight excluding hydrogens is 294 g/mol. The molecule has 0 aliphatic heterocycles. The van der Waals surface area contributed by atoms with Crippen LogP contribution in [0.25, 0.3) is 11.3 Å². The third kappa shape index (κ3) is 3.59. The zero-order valence-corrected chi connectivity index (χ0v) is 12.0. The van der Waals surface area contributed by atoms with Crippen LogP contribution in [0.5, 0.6) is 0 Å². The van der Waals surface area contributed by atoms with Crippen LogP contribution < -0.4 is 5.32 Å². The number of nitro benzene ring substituents is 1. The van der Waals surface area contributed by atoms with Gasteiger partial charge in [-0.1, -0.05) is 11.6 Å². The van der Waals surface area contributed by atoms with Gasteiger partial charge in [0.25, 0.3) is 5.69 Å². The molecule has 0 saturated heterocycles. The van der Waals surface area contributed by atoms with Crippen molar-refractivity contribution in [3.05, 3.63) is 45.4 Å². The van der Waals surface area contributed by atoms with Crippen molar-refractivity contribution in [3.8, 4) is 11.3 Å². The highest BCUT2D eigenvalue weighted by Gasteiger charge is 2.20. The second kappa shape index (κ2) is 5.83. The Morgan fingerprint density at radius 3 is 2.95 bits per heavy atom. The van der Waals surface area contributed by atoms with Crippen molar-refractivity contribution in [2.24, 2.45) is 0 Å². The highest BCUT2D eigenvalue weighted by Crippen LogP contribution is 2.29.